The molecule has 112 valence electrons. The van der Waals surface area contributed by atoms with Crippen molar-refractivity contribution in [3.8, 4) is 0 Å². The summed E-state index contributed by atoms with van der Waals surface area (Å²) in [5.74, 6) is -0.0430. The highest BCUT2D eigenvalue weighted by atomic mass is 79.9. The predicted molar refractivity (Wildman–Crippen MR) is 86.5 cm³/mol. The number of carbonyl (C=O) groups is 1. The molecular weight excluding hydrogens is 332 g/mol. The van der Waals surface area contributed by atoms with Gasteiger partial charge in [0.15, 0.2) is 0 Å². The Labute approximate surface area is 132 Å². The third kappa shape index (κ3) is 2.85. The van der Waals surface area contributed by atoms with Crippen molar-refractivity contribution in [2.24, 2.45) is 7.05 Å². The second-order valence-corrected chi connectivity index (χ2v) is 6.21. The van der Waals surface area contributed by atoms with E-state index in [4.69, 9.17) is 4.74 Å². The summed E-state index contributed by atoms with van der Waals surface area (Å²) in [6.07, 6.45) is 3.43. The first kappa shape index (κ1) is 14.6. The molecule has 4 nitrogen and oxygen atoms in total. The highest BCUT2D eigenvalue weighted by Crippen LogP contribution is 2.30. The summed E-state index contributed by atoms with van der Waals surface area (Å²) in [6.45, 7) is 1.50. The summed E-state index contributed by atoms with van der Waals surface area (Å²) in [6, 6.07) is 7.99. The van der Waals surface area contributed by atoms with Crippen LogP contribution in [0.3, 0.4) is 0 Å². The number of rotatable bonds is 4. The summed E-state index contributed by atoms with van der Waals surface area (Å²) in [7, 11) is 1.92. The molecule has 21 heavy (non-hydrogen) atoms. The van der Waals surface area contributed by atoms with E-state index in [-0.39, 0.29) is 5.91 Å². The van der Waals surface area contributed by atoms with E-state index in [1.54, 1.807) is 0 Å². The van der Waals surface area contributed by atoms with Crippen molar-refractivity contribution >= 4 is 32.7 Å². The van der Waals surface area contributed by atoms with Gasteiger partial charge < -0.3 is 14.6 Å². The second kappa shape index (κ2) is 6.20. The molecule has 1 aromatic heterocycles. The highest BCUT2D eigenvalue weighted by molar-refractivity contribution is 9.10. The smallest absolute Gasteiger partial charge is 0.269 e. The Hall–Kier alpha value is -1.33. The fraction of sp³-hybridized carbons (Fsp3) is 0.438. The van der Waals surface area contributed by atoms with Gasteiger partial charge in [-0.1, -0.05) is 18.2 Å². The normalized spacial score (nSPS) is 18.3. The van der Waals surface area contributed by atoms with Gasteiger partial charge in [-0.15, -0.1) is 0 Å². The van der Waals surface area contributed by atoms with Crippen molar-refractivity contribution in [3.63, 3.8) is 0 Å². The summed E-state index contributed by atoms with van der Waals surface area (Å²) >= 11 is 3.56. The first-order valence-electron chi connectivity index (χ1n) is 7.31. The van der Waals surface area contributed by atoms with Crippen molar-refractivity contribution in [2.75, 3.05) is 13.2 Å². The van der Waals surface area contributed by atoms with Crippen LogP contribution in [-0.4, -0.2) is 29.7 Å². The molecule has 5 heteroatoms. The zero-order valence-electron chi connectivity index (χ0n) is 12.1. The van der Waals surface area contributed by atoms with Gasteiger partial charge in [0.1, 0.15) is 5.69 Å². The van der Waals surface area contributed by atoms with Gasteiger partial charge in [-0.3, -0.25) is 4.79 Å². The molecule has 1 atom stereocenters. The number of hydrogen-bond donors (Lipinski definition) is 1. The molecule has 1 amide bonds. The molecular formula is C16H19BrN2O2. The lowest BCUT2D eigenvalue weighted by molar-refractivity contribution is 0.0900. The van der Waals surface area contributed by atoms with E-state index < -0.39 is 0 Å². The Balaban J connectivity index is 1.72. The summed E-state index contributed by atoms with van der Waals surface area (Å²) < 4.78 is 8.36. The molecule has 1 aromatic carbocycles. The first-order chi connectivity index (χ1) is 10.2. The maximum Gasteiger partial charge on any atom is 0.269 e. The van der Waals surface area contributed by atoms with Gasteiger partial charge >= 0.3 is 0 Å². The quantitative estimate of drug-likeness (QED) is 0.919. The van der Waals surface area contributed by atoms with E-state index in [0.717, 1.165) is 41.2 Å². The SMILES string of the molecule is Cn1c(C(=O)NCCC2CCCO2)c(Br)c2ccccc21. The van der Waals surface area contributed by atoms with Crippen LogP contribution in [0, 0.1) is 0 Å². The summed E-state index contributed by atoms with van der Waals surface area (Å²) in [4.78, 5) is 12.4. The minimum Gasteiger partial charge on any atom is -0.378 e. The van der Waals surface area contributed by atoms with E-state index in [9.17, 15) is 4.79 Å². The number of aromatic nitrogens is 1. The van der Waals surface area contributed by atoms with Crippen LogP contribution < -0.4 is 5.32 Å². The first-order valence-corrected chi connectivity index (χ1v) is 8.10. The summed E-state index contributed by atoms with van der Waals surface area (Å²) in [5, 5.41) is 4.06. The van der Waals surface area contributed by atoms with Gasteiger partial charge in [0.05, 0.1) is 10.6 Å². The fourth-order valence-corrected chi connectivity index (χ4v) is 3.68. The lowest BCUT2D eigenvalue weighted by Crippen LogP contribution is -2.28. The third-order valence-corrected chi connectivity index (χ3v) is 4.84. The lowest BCUT2D eigenvalue weighted by Gasteiger charge is -2.11. The largest absolute Gasteiger partial charge is 0.378 e. The number of nitrogens with zero attached hydrogens (tertiary/aromatic N) is 1. The number of nitrogens with one attached hydrogen (secondary N) is 1. The van der Waals surface area contributed by atoms with E-state index >= 15 is 0 Å². The Morgan fingerprint density at radius 1 is 1.48 bits per heavy atom. The molecule has 1 N–H and O–H groups in total. The maximum atomic E-state index is 12.4. The summed E-state index contributed by atoms with van der Waals surface area (Å²) in [5.41, 5.74) is 1.72. The average Bonchev–Trinajstić information content (AvgIpc) is 3.08. The molecule has 1 aliphatic rings. The van der Waals surface area contributed by atoms with Gasteiger partial charge in [-0.2, -0.15) is 0 Å². The number of benzene rings is 1. The molecule has 1 aliphatic heterocycles. The topological polar surface area (TPSA) is 43.3 Å². The van der Waals surface area contributed by atoms with Gasteiger partial charge in [0.2, 0.25) is 0 Å². The van der Waals surface area contributed by atoms with E-state index in [0.29, 0.717) is 18.3 Å². The van der Waals surface area contributed by atoms with Crippen molar-refractivity contribution in [1.82, 2.24) is 9.88 Å². The number of ether oxygens (including phenoxy) is 1. The number of aryl methyl sites for hydroxylation is 1. The van der Waals surface area contributed by atoms with E-state index in [1.165, 1.54) is 0 Å². The van der Waals surface area contributed by atoms with Gasteiger partial charge in [-0.05, 0) is 41.3 Å². The molecule has 1 unspecified atom stereocenters. The van der Waals surface area contributed by atoms with Gasteiger partial charge in [0.25, 0.3) is 5.91 Å². The monoisotopic (exact) mass is 350 g/mol. The zero-order valence-corrected chi connectivity index (χ0v) is 13.6. The Bertz CT molecular complexity index is 621. The highest BCUT2D eigenvalue weighted by Gasteiger charge is 2.20. The number of para-hydroxylation sites is 1. The average molecular weight is 351 g/mol. The zero-order chi connectivity index (χ0) is 14.8. The van der Waals surface area contributed by atoms with Gasteiger partial charge in [-0.25, -0.2) is 0 Å². The van der Waals surface area contributed by atoms with Crippen molar-refractivity contribution in [2.45, 2.75) is 25.4 Å². The standard InChI is InChI=1S/C16H19BrN2O2/c1-19-13-7-3-2-6-12(13)14(17)15(19)16(20)18-9-8-11-5-4-10-21-11/h2-3,6-7,11H,4-5,8-10H2,1H3,(H,18,20). The molecule has 0 radical (unpaired) electrons. The molecule has 1 fully saturated rings. The number of carbonyl (C=O) groups excluding carboxylic acids is 1. The molecule has 0 spiro atoms. The van der Waals surface area contributed by atoms with Crippen LogP contribution in [-0.2, 0) is 11.8 Å². The van der Waals surface area contributed by atoms with Crippen LogP contribution in [0.4, 0.5) is 0 Å². The minimum atomic E-state index is -0.0430. The third-order valence-electron chi connectivity index (χ3n) is 4.04. The number of amides is 1. The molecule has 0 saturated carbocycles. The molecule has 3 rings (SSSR count). The van der Waals surface area contributed by atoms with Crippen LogP contribution in [0.1, 0.15) is 29.8 Å². The number of halogens is 1. The molecule has 2 heterocycles. The van der Waals surface area contributed by atoms with Crippen LogP contribution in [0.25, 0.3) is 10.9 Å². The Kier molecular flexibility index (Phi) is 4.31. The molecule has 1 saturated heterocycles. The van der Waals surface area contributed by atoms with Crippen LogP contribution in [0.2, 0.25) is 0 Å². The maximum absolute atomic E-state index is 12.4. The van der Waals surface area contributed by atoms with Crippen LogP contribution in [0.5, 0.6) is 0 Å². The van der Waals surface area contributed by atoms with Crippen LogP contribution >= 0.6 is 15.9 Å². The Morgan fingerprint density at radius 2 is 2.29 bits per heavy atom. The molecule has 2 aromatic rings. The minimum absolute atomic E-state index is 0.0430. The fourth-order valence-electron chi connectivity index (χ4n) is 2.90. The Morgan fingerprint density at radius 3 is 3.00 bits per heavy atom. The number of hydrogen-bond acceptors (Lipinski definition) is 2. The van der Waals surface area contributed by atoms with Crippen molar-refractivity contribution < 1.29 is 9.53 Å². The van der Waals surface area contributed by atoms with Gasteiger partial charge in [0, 0.05) is 31.1 Å². The van der Waals surface area contributed by atoms with E-state index in [1.807, 2.05) is 35.9 Å². The van der Waals surface area contributed by atoms with E-state index in [2.05, 4.69) is 21.2 Å². The second-order valence-electron chi connectivity index (χ2n) is 5.42. The van der Waals surface area contributed by atoms with Crippen molar-refractivity contribution in [3.05, 3.63) is 34.4 Å². The van der Waals surface area contributed by atoms with Crippen LogP contribution in [0.15, 0.2) is 28.7 Å². The molecule has 0 bridgehead atoms. The molecule has 0 aliphatic carbocycles. The lowest BCUT2D eigenvalue weighted by atomic mass is 10.2. The number of fused-ring (bicyclic) bond motifs is 1. The van der Waals surface area contributed by atoms with Crippen molar-refractivity contribution in [1.29, 1.82) is 0 Å². The predicted octanol–water partition coefficient (Wildman–Crippen LogP) is 3.24.